The Kier molecular flexibility index (Phi) is 5.17. The van der Waals surface area contributed by atoms with Crippen LogP contribution in [0.4, 0.5) is 5.69 Å². The molecule has 0 spiro atoms. The smallest absolute Gasteiger partial charge is 0.256 e. The van der Waals surface area contributed by atoms with Gasteiger partial charge in [-0.2, -0.15) is 4.98 Å². The van der Waals surface area contributed by atoms with Gasteiger partial charge >= 0.3 is 0 Å². The second-order valence-corrected chi connectivity index (χ2v) is 7.31. The van der Waals surface area contributed by atoms with Crippen LogP contribution in [0.25, 0.3) is 10.7 Å². The summed E-state index contributed by atoms with van der Waals surface area (Å²) in [5.41, 5.74) is 1.29. The first-order chi connectivity index (χ1) is 13.3. The molecule has 140 valence electrons. The molecule has 1 aromatic carbocycles. The lowest BCUT2D eigenvalue weighted by Gasteiger charge is -2.24. The van der Waals surface area contributed by atoms with E-state index < -0.39 is 0 Å². The van der Waals surface area contributed by atoms with Crippen molar-refractivity contribution in [1.29, 1.82) is 0 Å². The van der Waals surface area contributed by atoms with Crippen LogP contribution in [0.1, 0.15) is 29.1 Å². The molecule has 3 heterocycles. The minimum atomic E-state index is -0.102. The largest absolute Gasteiger partial charge is 0.394 e. The lowest BCUT2D eigenvalue weighted by molar-refractivity contribution is 0.0678. The molecule has 8 heteroatoms. The molecule has 1 fully saturated rings. The molecule has 1 aliphatic rings. The third-order valence-electron chi connectivity index (χ3n) is 4.65. The molecular weight excluding hydrogens is 364 g/mol. The van der Waals surface area contributed by atoms with Crippen molar-refractivity contribution in [2.45, 2.75) is 25.4 Å². The number of likely N-dealkylation sites (tertiary alicyclic amines) is 1. The molecule has 2 aromatic heterocycles. The topological polar surface area (TPSA) is 91.5 Å². The fourth-order valence-corrected chi connectivity index (χ4v) is 3.92. The highest BCUT2D eigenvalue weighted by Gasteiger charge is 2.29. The van der Waals surface area contributed by atoms with E-state index in [4.69, 9.17) is 4.52 Å². The molecule has 1 atom stereocenters. The number of hydrogen-bond acceptors (Lipinski definition) is 7. The Bertz CT molecular complexity index is 909. The van der Waals surface area contributed by atoms with E-state index in [2.05, 4.69) is 15.5 Å². The number of carbonyl (C=O) groups excluding carboxylic acids is 1. The predicted molar refractivity (Wildman–Crippen MR) is 103 cm³/mol. The third-order valence-corrected chi connectivity index (χ3v) is 5.51. The molecule has 27 heavy (non-hydrogen) atoms. The molecule has 0 aliphatic carbocycles. The number of rotatable bonds is 6. The molecule has 1 amide bonds. The number of nitrogens with zero attached hydrogens (tertiary/aromatic N) is 3. The number of nitrogens with one attached hydrogen (secondary N) is 1. The van der Waals surface area contributed by atoms with Crippen LogP contribution in [-0.2, 0) is 6.54 Å². The van der Waals surface area contributed by atoms with Gasteiger partial charge in [-0.3, -0.25) is 4.79 Å². The maximum atomic E-state index is 12.9. The Morgan fingerprint density at radius 2 is 2.22 bits per heavy atom. The zero-order valence-electron chi connectivity index (χ0n) is 14.7. The van der Waals surface area contributed by atoms with Crippen LogP contribution in [0.15, 0.2) is 46.3 Å². The van der Waals surface area contributed by atoms with E-state index in [1.54, 1.807) is 22.3 Å². The third kappa shape index (κ3) is 3.72. The van der Waals surface area contributed by atoms with Gasteiger partial charge < -0.3 is 19.8 Å². The number of aromatic nitrogens is 2. The van der Waals surface area contributed by atoms with Gasteiger partial charge in [0.25, 0.3) is 5.91 Å². The standard InChI is InChI=1S/C19H20N4O3S/c24-12-13-5-3-9-23(13)19(25)14-6-1-2-7-15(14)20-11-17-21-18(22-26-17)16-8-4-10-27-16/h1-2,4,6-8,10,13,20,24H,3,5,9,11-12H2. The van der Waals surface area contributed by atoms with Crippen molar-refractivity contribution in [3.05, 3.63) is 53.2 Å². The van der Waals surface area contributed by atoms with Crippen LogP contribution in [0.5, 0.6) is 0 Å². The van der Waals surface area contributed by atoms with Crippen LogP contribution in [0.3, 0.4) is 0 Å². The highest BCUT2D eigenvalue weighted by Crippen LogP contribution is 2.25. The van der Waals surface area contributed by atoms with Crippen LogP contribution in [0.2, 0.25) is 0 Å². The average Bonchev–Trinajstić information content (AvgIpc) is 3.46. The minimum absolute atomic E-state index is 0.00514. The highest BCUT2D eigenvalue weighted by atomic mass is 32.1. The Morgan fingerprint density at radius 1 is 1.33 bits per heavy atom. The SMILES string of the molecule is O=C(c1ccccc1NCc1nc(-c2cccs2)no1)N1CCCC1CO. The summed E-state index contributed by atoms with van der Waals surface area (Å²) in [6, 6.07) is 11.1. The summed E-state index contributed by atoms with van der Waals surface area (Å²) in [5.74, 6) is 0.948. The van der Waals surface area contributed by atoms with Gasteiger partial charge in [-0.1, -0.05) is 23.4 Å². The average molecular weight is 384 g/mol. The summed E-state index contributed by atoms with van der Waals surface area (Å²) in [6.07, 6.45) is 1.76. The summed E-state index contributed by atoms with van der Waals surface area (Å²) in [7, 11) is 0. The maximum absolute atomic E-state index is 12.9. The molecule has 7 nitrogen and oxygen atoms in total. The molecule has 0 saturated carbocycles. The number of aliphatic hydroxyl groups excluding tert-OH is 1. The number of hydrogen-bond donors (Lipinski definition) is 2. The number of amides is 1. The summed E-state index contributed by atoms with van der Waals surface area (Å²) in [6.45, 7) is 0.993. The molecule has 1 unspecified atom stereocenters. The van der Waals surface area contributed by atoms with Gasteiger partial charge in [-0.15, -0.1) is 11.3 Å². The second-order valence-electron chi connectivity index (χ2n) is 6.37. The normalized spacial score (nSPS) is 16.6. The number of thiophene rings is 1. The number of para-hydroxylation sites is 1. The monoisotopic (exact) mass is 384 g/mol. The van der Waals surface area contributed by atoms with Crippen molar-refractivity contribution in [2.75, 3.05) is 18.5 Å². The van der Waals surface area contributed by atoms with Crippen molar-refractivity contribution in [3.8, 4) is 10.7 Å². The fraction of sp³-hybridized carbons (Fsp3) is 0.316. The van der Waals surface area contributed by atoms with Gasteiger partial charge in [0, 0.05) is 12.2 Å². The van der Waals surface area contributed by atoms with E-state index in [9.17, 15) is 9.90 Å². The summed E-state index contributed by atoms with van der Waals surface area (Å²) in [4.78, 5) is 20.0. The lowest BCUT2D eigenvalue weighted by Crippen LogP contribution is -2.37. The molecule has 0 radical (unpaired) electrons. The first-order valence-electron chi connectivity index (χ1n) is 8.87. The molecule has 2 N–H and O–H groups in total. The van der Waals surface area contributed by atoms with E-state index in [0.717, 1.165) is 17.7 Å². The van der Waals surface area contributed by atoms with Gasteiger partial charge in [0.05, 0.1) is 29.6 Å². The Balaban J connectivity index is 1.48. The number of carbonyl (C=O) groups is 1. The van der Waals surface area contributed by atoms with Gasteiger partial charge in [0.1, 0.15) is 0 Å². The van der Waals surface area contributed by atoms with E-state index in [1.165, 1.54) is 0 Å². The minimum Gasteiger partial charge on any atom is -0.394 e. The Morgan fingerprint density at radius 3 is 3.04 bits per heavy atom. The lowest BCUT2D eigenvalue weighted by atomic mass is 10.1. The number of anilines is 1. The molecular formula is C19H20N4O3S. The van der Waals surface area contributed by atoms with E-state index in [-0.39, 0.29) is 18.6 Å². The predicted octanol–water partition coefficient (Wildman–Crippen LogP) is 3.01. The summed E-state index contributed by atoms with van der Waals surface area (Å²) >= 11 is 1.55. The highest BCUT2D eigenvalue weighted by molar-refractivity contribution is 7.13. The van der Waals surface area contributed by atoms with Gasteiger partial charge in [0.15, 0.2) is 0 Å². The molecule has 1 saturated heterocycles. The van der Waals surface area contributed by atoms with Crippen LogP contribution in [0, 0.1) is 0 Å². The van der Waals surface area contributed by atoms with E-state index >= 15 is 0 Å². The van der Waals surface area contributed by atoms with E-state index in [0.29, 0.717) is 36.1 Å². The van der Waals surface area contributed by atoms with Crippen LogP contribution < -0.4 is 5.32 Å². The van der Waals surface area contributed by atoms with Crippen molar-refractivity contribution in [2.24, 2.45) is 0 Å². The van der Waals surface area contributed by atoms with Crippen LogP contribution in [-0.4, -0.2) is 45.2 Å². The zero-order valence-corrected chi connectivity index (χ0v) is 15.5. The van der Waals surface area contributed by atoms with Crippen molar-refractivity contribution >= 4 is 22.9 Å². The van der Waals surface area contributed by atoms with Gasteiger partial charge in [-0.05, 0) is 36.4 Å². The van der Waals surface area contributed by atoms with Crippen molar-refractivity contribution in [1.82, 2.24) is 15.0 Å². The summed E-state index contributed by atoms with van der Waals surface area (Å²) in [5, 5.41) is 18.7. The molecule has 0 bridgehead atoms. The zero-order chi connectivity index (χ0) is 18.6. The Labute approximate surface area is 160 Å². The second kappa shape index (κ2) is 7.89. The van der Waals surface area contributed by atoms with Crippen molar-refractivity contribution in [3.63, 3.8) is 0 Å². The maximum Gasteiger partial charge on any atom is 0.256 e. The van der Waals surface area contributed by atoms with Gasteiger partial charge in [-0.25, -0.2) is 0 Å². The number of benzene rings is 1. The first kappa shape index (κ1) is 17.7. The molecule has 3 aromatic rings. The number of aliphatic hydroxyl groups is 1. The summed E-state index contributed by atoms with van der Waals surface area (Å²) < 4.78 is 5.30. The Hall–Kier alpha value is -2.71. The van der Waals surface area contributed by atoms with Crippen LogP contribution >= 0.6 is 11.3 Å². The fourth-order valence-electron chi connectivity index (χ4n) is 3.27. The molecule has 4 rings (SSSR count). The van der Waals surface area contributed by atoms with E-state index in [1.807, 2.05) is 35.7 Å². The quantitative estimate of drug-likeness (QED) is 0.679. The molecule has 1 aliphatic heterocycles. The first-order valence-corrected chi connectivity index (χ1v) is 9.75. The van der Waals surface area contributed by atoms with Crippen molar-refractivity contribution < 1.29 is 14.4 Å². The van der Waals surface area contributed by atoms with Gasteiger partial charge in [0.2, 0.25) is 11.7 Å².